The maximum Gasteiger partial charge on any atom is 0.223 e. The molecule has 3 aliphatic rings. The zero-order valence-corrected chi connectivity index (χ0v) is 20.8. The molecule has 182 valence electrons. The first-order valence-electron chi connectivity index (χ1n) is 12.8. The molecule has 0 bridgehead atoms. The fraction of sp³-hybridized carbons (Fsp3) is 0.188. The van der Waals surface area contributed by atoms with Crippen molar-refractivity contribution in [3.63, 3.8) is 0 Å². The summed E-state index contributed by atoms with van der Waals surface area (Å²) in [6, 6.07) is 23.1. The molecule has 37 heavy (non-hydrogen) atoms. The monoisotopic (exact) mass is 491 g/mol. The van der Waals surface area contributed by atoms with Crippen molar-refractivity contribution in [2.75, 3.05) is 0 Å². The predicted octanol–water partition coefficient (Wildman–Crippen LogP) is 7.03. The van der Waals surface area contributed by atoms with Gasteiger partial charge in [-0.3, -0.25) is 0 Å². The first-order chi connectivity index (χ1) is 18.0. The highest BCUT2D eigenvalue weighted by atomic mass is 19.1. The van der Waals surface area contributed by atoms with E-state index in [9.17, 15) is 4.39 Å². The molecule has 3 aromatic carbocycles. The van der Waals surface area contributed by atoms with Crippen LogP contribution in [0.4, 0.5) is 14.5 Å². The number of hydrogen-bond donors (Lipinski definition) is 1. The Labute approximate surface area is 214 Å². The third kappa shape index (κ3) is 3.37. The Morgan fingerprint density at radius 3 is 2.51 bits per heavy atom. The van der Waals surface area contributed by atoms with Crippen molar-refractivity contribution < 1.29 is 17.9 Å². The molecule has 2 unspecified atom stereocenters. The maximum absolute atomic E-state index is 15.6. The van der Waals surface area contributed by atoms with Crippen molar-refractivity contribution >= 4 is 22.2 Å². The minimum atomic E-state index is -0.525. The largest absolute Gasteiger partial charge is 0.357 e. The lowest BCUT2D eigenvalue weighted by Crippen LogP contribution is -2.50. The van der Waals surface area contributed by atoms with Crippen LogP contribution in [0.3, 0.4) is 0 Å². The van der Waals surface area contributed by atoms with E-state index in [-0.39, 0.29) is 12.0 Å². The molecule has 7 rings (SSSR count). The number of nitrogens with one attached hydrogen (secondary N) is 1. The fourth-order valence-corrected chi connectivity index (χ4v) is 6.61. The van der Waals surface area contributed by atoms with Crippen LogP contribution in [0.1, 0.15) is 44.2 Å². The van der Waals surface area contributed by atoms with Crippen molar-refractivity contribution in [1.29, 1.82) is 0 Å². The van der Waals surface area contributed by atoms with Crippen molar-refractivity contribution in [1.82, 2.24) is 5.32 Å². The quantitative estimate of drug-likeness (QED) is 0.283. The second-order valence-corrected chi connectivity index (χ2v) is 10.3. The van der Waals surface area contributed by atoms with E-state index in [0.717, 1.165) is 63.0 Å². The first-order valence-corrected chi connectivity index (χ1v) is 12.8. The van der Waals surface area contributed by atoms with Crippen LogP contribution in [-0.2, 0) is 0 Å². The van der Waals surface area contributed by atoms with Gasteiger partial charge in [0.1, 0.15) is 11.6 Å². The zero-order chi connectivity index (χ0) is 25.3. The summed E-state index contributed by atoms with van der Waals surface area (Å²) in [5.41, 5.74) is 7.69. The van der Waals surface area contributed by atoms with Gasteiger partial charge in [-0.25, -0.2) is 8.78 Å². The van der Waals surface area contributed by atoms with E-state index in [1.165, 1.54) is 0 Å². The number of para-hydroxylation sites is 1. The Bertz CT molecular complexity index is 1700. The second kappa shape index (κ2) is 8.20. The first kappa shape index (κ1) is 22.1. The number of allylic oxidation sites excluding steroid dienone is 4. The summed E-state index contributed by atoms with van der Waals surface area (Å²) in [4.78, 5) is 0. The van der Waals surface area contributed by atoms with Crippen LogP contribution in [0.2, 0.25) is 0 Å². The molecule has 2 aliphatic heterocycles. The van der Waals surface area contributed by atoms with Crippen LogP contribution in [-0.4, -0.2) is 10.3 Å². The van der Waals surface area contributed by atoms with Gasteiger partial charge in [-0.1, -0.05) is 36.4 Å². The second-order valence-electron chi connectivity index (χ2n) is 10.3. The number of rotatable bonds is 1. The molecule has 3 heterocycles. The van der Waals surface area contributed by atoms with Crippen LogP contribution in [0.25, 0.3) is 22.0 Å². The zero-order valence-electron chi connectivity index (χ0n) is 20.8. The van der Waals surface area contributed by atoms with Crippen LogP contribution < -0.4 is 9.88 Å². The normalized spacial score (nSPS) is 20.4. The fourth-order valence-electron chi connectivity index (χ4n) is 6.61. The van der Waals surface area contributed by atoms with Crippen LogP contribution >= 0.6 is 0 Å². The number of aromatic nitrogens is 1. The maximum atomic E-state index is 15.6. The number of hydrogen-bond acceptors (Lipinski definition) is 1. The molecule has 2 atom stereocenters. The molecular weight excluding hydrogens is 464 g/mol. The van der Waals surface area contributed by atoms with Crippen LogP contribution in [0.15, 0.2) is 102 Å². The van der Waals surface area contributed by atoms with E-state index in [1.807, 2.05) is 42.5 Å². The number of pyridine rings is 1. The van der Waals surface area contributed by atoms with Gasteiger partial charge < -0.3 is 5.32 Å². The number of fused-ring (bicyclic) bond motifs is 8. The summed E-state index contributed by atoms with van der Waals surface area (Å²) < 4.78 is 34.9. The minimum absolute atomic E-state index is 0.0309. The van der Waals surface area contributed by atoms with Crippen molar-refractivity contribution in [2.45, 2.75) is 38.6 Å². The molecule has 1 N–H and O–H groups in total. The smallest absolute Gasteiger partial charge is 0.223 e. The van der Waals surface area contributed by atoms with Gasteiger partial charge in [0.2, 0.25) is 17.1 Å². The van der Waals surface area contributed by atoms with Crippen molar-refractivity contribution in [3.8, 4) is 11.3 Å². The highest BCUT2D eigenvalue weighted by Crippen LogP contribution is 2.50. The van der Waals surface area contributed by atoms with E-state index in [2.05, 4.69) is 58.8 Å². The number of nitrogens with zero attached hydrogens (tertiary/aromatic N) is 2. The standard InChI is InChI=1S/C32H26F2N3/c1-19-14-20(2)37(23-9-4-3-5-10-23)30-17-25-26-15-22(33)16-27(34)31(26)32-24-11-7-6-8-21(24)12-13-36(32)29(25)18-28(30)35-19/h3-16,25,29H,17-18H2,1-2H3/q+1/p+1. The Hall–Kier alpha value is -4.12. The van der Waals surface area contributed by atoms with Gasteiger partial charge in [0, 0.05) is 49.4 Å². The molecule has 3 nitrogen and oxygen atoms in total. The molecule has 1 aromatic heterocycles. The average Bonchev–Trinajstić information content (AvgIpc) is 3.01. The summed E-state index contributed by atoms with van der Waals surface area (Å²) in [5.74, 6) is -1.10. The van der Waals surface area contributed by atoms with E-state index in [4.69, 9.17) is 0 Å². The lowest BCUT2D eigenvalue weighted by atomic mass is 9.74. The molecule has 0 fully saturated rings. The van der Waals surface area contributed by atoms with Gasteiger partial charge in [0.25, 0.3) is 0 Å². The minimum Gasteiger partial charge on any atom is -0.357 e. The predicted molar refractivity (Wildman–Crippen MR) is 141 cm³/mol. The Morgan fingerprint density at radius 1 is 0.892 bits per heavy atom. The molecule has 5 heteroatoms. The molecule has 0 radical (unpaired) electrons. The highest BCUT2D eigenvalue weighted by molar-refractivity contribution is 5.94. The third-order valence-electron chi connectivity index (χ3n) is 8.02. The topological polar surface area (TPSA) is 18.9 Å². The molecule has 0 spiro atoms. The Balaban J connectivity index is 1.50. The lowest BCUT2D eigenvalue weighted by Gasteiger charge is -2.35. The SMILES string of the molecule is CC1=CC(C)=[N+](c2ccccc2)C2=C(CC3C(C2)c2cc(F)cc(F)c2-c2c4ccccc4cc[n+]23)N1. The van der Waals surface area contributed by atoms with E-state index < -0.39 is 11.6 Å². The Morgan fingerprint density at radius 2 is 1.68 bits per heavy atom. The number of benzene rings is 3. The van der Waals surface area contributed by atoms with Gasteiger partial charge in [0.05, 0.1) is 29.0 Å². The molecule has 0 amide bonds. The molecule has 4 aromatic rings. The third-order valence-corrected chi connectivity index (χ3v) is 8.02. The summed E-state index contributed by atoms with van der Waals surface area (Å²) >= 11 is 0. The lowest BCUT2D eigenvalue weighted by molar-refractivity contribution is -0.718. The van der Waals surface area contributed by atoms with Gasteiger partial charge in [-0.15, -0.1) is 0 Å². The molecular formula is C32H27F2N3+2. The van der Waals surface area contributed by atoms with E-state index in [1.54, 1.807) is 6.07 Å². The summed E-state index contributed by atoms with van der Waals surface area (Å²) in [5, 5.41) is 5.70. The van der Waals surface area contributed by atoms with Gasteiger partial charge in [0.15, 0.2) is 18.0 Å². The van der Waals surface area contributed by atoms with Gasteiger partial charge in [-0.2, -0.15) is 9.14 Å². The summed E-state index contributed by atoms with van der Waals surface area (Å²) in [6.07, 6.45) is 5.64. The average molecular weight is 492 g/mol. The van der Waals surface area contributed by atoms with Crippen LogP contribution in [0, 0.1) is 11.6 Å². The van der Waals surface area contributed by atoms with Gasteiger partial charge >= 0.3 is 0 Å². The van der Waals surface area contributed by atoms with Crippen LogP contribution in [0.5, 0.6) is 0 Å². The number of halogens is 2. The van der Waals surface area contributed by atoms with Crippen molar-refractivity contribution in [3.05, 3.63) is 119 Å². The Kier molecular flexibility index (Phi) is 4.90. The highest BCUT2D eigenvalue weighted by Gasteiger charge is 2.49. The summed E-state index contributed by atoms with van der Waals surface area (Å²) in [6.45, 7) is 4.20. The van der Waals surface area contributed by atoms with E-state index in [0.29, 0.717) is 12.0 Å². The molecule has 1 aliphatic carbocycles. The summed E-state index contributed by atoms with van der Waals surface area (Å²) in [7, 11) is 0. The van der Waals surface area contributed by atoms with Crippen molar-refractivity contribution in [2.24, 2.45) is 0 Å². The van der Waals surface area contributed by atoms with E-state index >= 15 is 4.39 Å². The molecule has 0 saturated carbocycles. The van der Waals surface area contributed by atoms with Gasteiger partial charge in [-0.05, 0) is 30.0 Å². The molecule has 0 saturated heterocycles.